The second kappa shape index (κ2) is 15.8. The lowest BCUT2D eigenvalue weighted by Gasteiger charge is -2.00. The first kappa shape index (κ1) is 16.8. The van der Waals surface area contributed by atoms with E-state index in [4.69, 9.17) is 11.6 Å². The van der Waals surface area contributed by atoms with Crippen molar-refractivity contribution in [3.05, 3.63) is 24.3 Å². The molecule has 0 aliphatic carbocycles. The number of unbranched alkanes of at least 4 members (excludes halogenated alkanes) is 8. The molecule has 0 unspecified atom stereocenters. The third-order valence-corrected chi connectivity index (χ3v) is 3.14. The topological polar surface area (TPSA) is 0 Å². The van der Waals surface area contributed by atoms with Crippen LogP contribution in [-0.4, -0.2) is 5.88 Å². The van der Waals surface area contributed by atoms with E-state index in [1.54, 1.807) is 0 Å². The van der Waals surface area contributed by atoms with Gasteiger partial charge < -0.3 is 0 Å². The van der Waals surface area contributed by atoms with Crippen LogP contribution in [0.25, 0.3) is 0 Å². The van der Waals surface area contributed by atoms with Crippen LogP contribution in [0.5, 0.6) is 0 Å². The van der Waals surface area contributed by atoms with Gasteiger partial charge in [-0.25, -0.2) is 0 Å². The SMILES string of the molecule is CC/C=C\C=C\CCCCCCCCCCCl. The smallest absolute Gasteiger partial charge is 0.0223 e. The molecule has 0 aromatic rings. The maximum atomic E-state index is 5.63. The van der Waals surface area contributed by atoms with Gasteiger partial charge in [-0.1, -0.05) is 69.8 Å². The lowest BCUT2D eigenvalue weighted by Crippen LogP contribution is -1.81. The van der Waals surface area contributed by atoms with Gasteiger partial charge in [0, 0.05) is 5.88 Å². The Morgan fingerprint density at radius 1 is 0.706 bits per heavy atom. The van der Waals surface area contributed by atoms with Crippen molar-refractivity contribution in [3.63, 3.8) is 0 Å². The van der Waals surface area contributed by atoms with Crippen LogP contribution in [0.4, 0.5) is 0 Å². The van der Waals surface area contributed by atoms with Crippen molar-refractivity contribution in [1.82, 2.24) is 0 Å². The average molecular weight is 257 g/mol. The molecule has 0 aliphatic rings. The molecule has 0 fully saturated rings. The van der Waals surface area contributed by atoms with Gasteiger partial charge in [-0.05, 0) is 25.7 Å². The van der Waals surface area contributed by atoms with Crippen molar-refractivity contribution >= 4 is 11.6 Å². The van der Waals surface area contributed by atoms with Gasteiger partial charge in [0.15, 0.2) is 0 Å². The minimum Gasteiger partial charge on any atom is -0.127 e. The number of hydrogen-bond acceptors (Lipinski definition) is 0. The zero-order chi connectivity index (χ0) is 12.6. The lowest BCUT2D eigenvalue weighted by molar-refractivity contribution is 0.578. The number of hydrogen-bond donors (Lipinski definition) is 0. The van der Waals surface area contributed by atoms with Crippen LogP contribution in [0.1, 0.15) is 71.1 Å². The Balaban J connectivity index is 3.03. The van der Waals surface area contributed by atoms with Crippen molar-refractivity contribution in [2.45, 2.75) is 71.1 Å². The summed E-state index contributed by atoms with van der Waals surface area (Å²) >= 11 is 5.63. The van der Waals surface area contributed by atoms with E-state index < -0.39 is 0 Å². The van der Waals surface area contributed by atoms with Crippen molar-refractivity contribution in [2.75, 3.05) is 5.88 Å². The average Bonchev–Trinajstić information content (AvgIpc) is 2.35. The third kappa shape index (κ3) is 15.8. The second-order valence-electron chi connectivity index (χ2n) is 4.57. The van der Waals surface area contributed by atoms with Crippen molar-refractivity contribution in [1.29, 1.82) is 0 Å². The molecule has 0 amide bonds. The minimum atomic E-state index is 0.832. The predicted octanol–water partition coefficient (Wildman–Crippen LogP) is 6.26. The molecule has 17 heavy (non-hydrogen) atoms. The molecular formula is C16H29Cl. The number of alkyl halides is 1. The normalized spacial score (nSPS) is 11.9. The number of rotatable bonds is 12. The minimum absolute atomic E-state index is 0.832. The van der Waals surface area contributed by atoms with Crippen LogP contribution in [0.3, 0.4) is 0 Å². The largest absolute Gasteiger partial charge is 0.127 e. The van der Waals surface area contributed by atoms with Crippen molar-refractivity contribution in [2.24, 2.45) is 0 Å². The van der Waals surface area contributed by atoms with Gasteiger partial charge in [-0.2, -0.15) is 0 Å². The standard InChI is InChI=1S/C16H29Cl/c1-2-3-4-5-6-7-8-9-10-11-12-13-14-15-16-17/h3-6H,2,7-16H2,1H3/b4-3-,6-5+. The van der Waals surface area contributed by atoms with E-state index in [1.807, 2.05) is 0 Å². The van der Waals surface area contributed by atoms with Gasteiger partial charge in [0.1, 0.15) is 0 Å². The molecule has 0 spiro atoms. The fraction of sp³-hybridized carbons (Fsp3) is 0.750. The highest BCUT2D eigenvalue weighted by atomic mass is 35.5. The van der Waals surface area contributed by atoms with Crippen LogP contribution >= 0.6 is 11.6 Å². The van der Waals surface area contributed by atoms with E-state index in [0.29, 0.717) is 0 Å². The van der Waals surface area contributed by atoms with Crippen LogP contribution in [0, 0.1) is 0 Å². The number of allylic oxidation sites excluding steroid dienone is 4. The molecule has 0 saturated carbocycles. The molecule has 0 aromatic heterocycles. The Morgan fingerprint density at radius 2 is 1.24 bits per heavy atom. The van der Waals surface area contributed by atoms with Crippen molar-refractivity contribution < 1.29 is 0 Å². The van der Waals surface area contributed by atoms with Crippen LogP contribution in [-0.2, 0) is 0 Å². The first-order valence-corrected chi connectivity index (χ1v) is 7.83. The molecule has 0 aliphatic heterocycles. The zero-order valence-corrected chi connectivity index (χ0v) is 12.2. The Labute approximate surface area is 113 Å². The monoisotopic (exact) mass is 256 g/mol. The van der Waals surface area contributed by atoms with Gasteiger partial charge >= 0.3 is 0 Å². The molecule has 1 heteroatoms. The summed E-state index contributed by atoms with van der Waals surface area (Å²) < 4.78 is 0. The van der Waals surface area contributed by atoms with Crippen LogP contribution < -0.4 is 0 Å². The maximum absolute atomic E-state index is 5.63. The molecule has 0 radical (unpaired) electrons. The van der Waals surface area contributed by atoms with E-state index in [1.165, 1.54) is 57.8 Å². The summed E-state index contributed by atoms with van der Waals surface area (Å²) in [4.78, 5) is 0. The Kier molecular flexibility index (Phi) is 15.6. The predicted molar refractivity (Wildman–Crippen MR) is 80.8 cm³/mol. The second-order valence-corrected chi connectivity index (χ2v) is 4.95. The molecule has 0 N–H and O–H groups in total. The van der Waals surface area contributed by atoms with E-state index in [-0.39, 0.29) is 0 Å². The fourth-order valence-electron chi connectivity index (χ4n) is 1.81. The van der Waals surface area contributed by atoms with Gasteiger partial charge in [0.2, 0.25) is 0 Å². The molecule has 0 saturated heterocycles. The highest BCUT2D eigenvalue weighted by Gasteiger charge is 1.91. The van der Waals surface area contributed by atoms with E-state index in [2.05, 4.69) is 31.2 Å². The van der Waals surface area contributed by atoms with E-state index in [9.17, 15) is 0 Å². The Morgan fingerprint density at radius 3 is 1.82 bits per heavy atom. The summed E-state index contributed by atoms with van der Waals surface area (Å²) in [6, 6.07) is 0. The van der Waals surface area contributed by atoms with Crippen LogP contribution in [0.15, 0.2) is 24.3 Å². The van der Waals surface area contributed by atoms with Gasteiger partial charge in [0.05, 0.1) is 0 Å². The Bertz CT molecular complexity index is 182. The summed E-state index contributed by atoms with van der Waals surface area (Å²) in [6.45, 7) is 2.16. The molecular weight excluding hydrogens is 228 g/mol. The summed E-state index contributed by atoms with van der Waals surface area (Å²) in [5.74, 6) is 0.832. The third-order valence-electron chi connectivity index (χ3n) is 2.87. The molecule has 0 heterocycles. The highest BCUT2D eigenvalue weighted by Crippen LogP contribution is 2.10. The fourth-order valence-corrected chi connectivity index (χ4v) is 2.00. The van der Waals surface area contributed by atoms with Crippen molar-refractivity contribution in [3.8, 4) is 0 Å². The molecule has 0 bridgehead atoms. The summed E-state index contributed by atoms with van der Waals surface area (Å²) in [5, 5.41) is 0. The van der Waals surface area contributed by atoms with Gasteiger partial charge in [-0.15, -0.1) is 11.6 Å². The molecule has 0 nitrogen and oxygen atoms in total. The van der Waals surface area contributed by atoms with Crippen LogP contribution in [0.2, 0.25) is 0 Å². The lowest BCUT2D eigenvalue weighted by atomic mass is 10.1. The first-order chi connectivity index (χ1) is 8.41. The maximum Gasteiger partial charge on any atom is 0.0223 e. The summed E-state index contributed by atoms with van der Waals surface area (Å²) in [5.41, 5.74) is 0. The Hall–Kier alpha value is -0.230. The zero-order valence-electron chi connectivity index (χ0n) is 11.5. The molecule has 0 rings (SSSR count). The van der Waals surface area contributed by atoms with E-state index >= 15 is 0 Å². The molecule has 100 valence electrons. The molecule has 0 aromatic carbocycles. The van der Waals surface area contributed by atoms with E-state index in [0.717, 1.165) is 12.3 Å². The highest BCUT2D eigenvalue weighted by molar-refractivity contribution is 6.17. The molecule has 0 atom stereocenters. The summed E-state index contributed by atoms with van der Waals surface area (Å²) in [7, 11) is 0. The number of halogens is 1. The summed E-state index contributed by atoms with van der Waals surface area (Å²) in [6.07, 6.45) is 22.0. The van der Waals surface area contributed by atoms with Gasteiger partial charge in [-0.3, -0.25) is 0 Å². The van der Waals surface area contributed by atoms with Gasteiger partial charge in [0.25, 0.3) is 0 Å². The first-order valence-electron chi connectivity index (χ1n) is 7.29. The quantitative estimate of drug-likeness (QED) is 0.220.